The molecule has 1 rings (SSSR count). The molecule has 0 unspecified atom stereocenters. The topological polar surface area (TPSA) is 30.0 Å². The van der Waals surface area contributed by atoms with Gasteiger partial charge < -0.3 is 0 Å². The number of alkyl halides is 2. The lowest BCUT2D eigenvalue weighted by Gasteiger charge is -2.06. The summed E-state index contributed by atoms with van der Waals surface area (Å²) in [6, 6.07) is 1.29. The van der Waals surface area contributed by atoms with Gasteiger partial charge in [-0.1, -0.05) is 0 Å². The summed E-state index contributed by atoms with van der Waals surface area (Å²) in [6.45, 7) is 1.47. The van der Waals surface area contributed by atoms with Crippen molar-refractivity contribution in [3.8, 4) is 0 Å². The molecule has 0 aliphatic rings. The Hall–Kier alpha value is -0.590. The lowest BCUT2D eigenvalue weighted by molar-refractivity contribution is 0.111. The molecule has 0 saturated heterocycles. The summed E-state index contributed by atoms with van der Waals surface area (Å²) in [5.74, 6) is 0. The number of aldehydes is 1. The van der Waals surface area contributed by atoms with Gasteiger partial charge in [-0.3, -0.25) is 4.79 Å². The minimum Gasteiger partial charge on any atom is -0.296 e. The van der Waals surface area contributed by atoms with Gasteiger partial charge in [-0.25, -0.2) is 13.8 Å². The van der Waals surface area contributed by atoms with Crippen molar-refractivity contribution in [1.82, 2.24) is 4.98 Å². The SMILES string of the molecule is Cc1c(C(F)F)cc(I)nc1C=O. The maximum absolute atomic E-state index is 12.4. The van der Waals surface area contributed by atoms with Crippen LogP contribution in [0.25, 0.3) is 0 Å². The summed E-state index contributed by atoms with van der Waals surface area (Å²) in [6.07, 6.45) is -2.07. The Kier molecular flexibility index (Phi) is 3.29. The predicted molar refractivity (Wildman–Crippen MR) is 52.0 cm³/mol. The van der Waals surface area contributed by atoms with Crippen molar-refractivity contribution in [1.29, 1.82) is 0 Å². The van der Waals surface area contributed by atoms with Gasteiger partial charge >= 0.3 is 0 Å². The Balaban J connectivity index is 3.35. The summed E-state index contributed by atoms with van der Waals surface area (Å²) >= 11 is 1.80. The highest BCUT2D eigenvalue weighted by Gasteiger charge is 2.14. The van der Waals surface area contributed by atoms with Gasteiger partial charge in [-0.15, -0.1) is 0 Å². The van der Waals surface area contributed by atoms with Crippen LogP contribution in [0.2, 0.25) is 0 Å². The number of rotatable bonds is 2. The molecule has 0 aliphatic heterocycles. The third kappa shape index (κ3) is 2.20. The van der Waals surface area contributed by atoms with Gasteiger partial charge in [0.05, 0.1) is 0 Å². The quantitative estimate of drug-likeness (QED) is 0.477. The number of pyridine rings is 1. The molecule has 0 bridgehead atoms. The van der Waals surface area contributed by atoms with Gasteiger partial charge in [-0.2, -0.15) is 0 Å². The number of nitrogens with zero attached hydrogens (tertiary/aromatic N) is 1. The van der Waals surface area contributed by atoms with Crippen LogP contribution in [0, 0.1) is 10.6 Å². The fourth-order valence-electron chi connectivity index (χ4n) is 0.957. The van der Waals surface area contributed by atoms with Crippen LogP contribution in [0.4, 0.5) is 8.78 Å². The number of aromatic nitrogens is 1. The number of halogens is 3. The number of carbonyl (C=O) groups excluding carboxylic acids is 1. The van der Waals surface area contributed by atoms with Crippen LogP contribution < -0.4 is 0 Å². The van der Waals surface area contributed by atoms with Gasteiger partial charge in [0.2, 0.25) is 0 Å². The molecular weight excluding hydrogens is 291 g/mol. The van der Waals surface area contributed by atoms with E-state index in [4.69, 9.17) is 0 Å². The van der Waals surface area contributed by atoms with Crippen molar-refractivity contribution < 1.29 is 13.6 Å². The molecule has 5 heteroatoms. The number of hydrogen-bond donors (Lipinski definition) is 0. The minimum atomic E-state index is -2.56. The minimum absolute atomic E-state index is 0.0854. The first kappa shape index (κ1) is 10.5. The summed E-state index contributed by atoms with van der Waals surface area (Å²) < 4.78 is 25.2. The zero-order valence-electron chi connectivity index (χ0n) is 6.72. The third-order valence-corrected chi connectivity index (χ3v) is 2.22. The zero-order chi connectivity index (χ0) is 10.0. The van der Waals surface area contributed by atoms with Crippen molar-refractivity contribution in [3.05, 3.63) is 26.6 Å². The molecule has 1 aromatic rings. The first-order valence-electron chi connectivity index (χ1n) is 3.46. The lowest BCUT2D eigenvalue weighted by atomic mass is 10.1. The van der Waals surface area contributed by atoms with E-state index in [1.165, 1.54) is 13.0 Å². The second kappa shape index (κ2) is 4.08. The molecule has 2 nitrogen and oxygen atoms in total. The summed E-state index contributed by atoms with van der Waals surface area (Å²) in [5.41, 5.74) is 0.217. The van der Waals surface area contributed by atoms with Crippen molar-refractivity contribution in [2.45, 2.75) is 13.3 Å². The largest absolute Gasteiger partial charge is 0.296 e. The summed E-state index contributed by atoms with van der Waals surface area (Å²) in [4.78, 5) is 14.3. The molecule has 70 valence electrons. The molecule has 0 aromatic carbocycles. The second-order valence-electron chi connectivity index (χ2n) is 2.46. The van der Waals surface area contributed by atoms with Gasteiger partial charge in [-0.05, 0) is 41.1 Å². The molecule has 0 atom stereocenters. The normalized spacial score (nSPS) is 10.5. The van der Waals surface area contributed by atoms with Crippen LogP contribution in [0.1, 0.15) is 28.0 Å². The van der Waals surface area contributed by atoms with Crippen molar-refractivity contribution in [2.24, 2.45) is 0 Å². The van der Waals surface area contributed by atoms with E-state index >= 15 is 0 Å². The van der Waals surface area contributed by atoms with Crippen LogP contribution in [0.5, 0.6) is 0 Å². The molecule has 0 fully saturated rings. The highest BCUT2D eigenvalue weighted by molar-refractivity contribution is 14.1. The van der Waals surface area contributed by atoms with Crippen LogP contribution in [0.3, 0.4) is 0 Å². The average Bonchev–Trinajstić information content (AvgIpc) is 2.08. The van der Waals surface area contributed by atoms with Gasteiger partial charge in [0.15, 0.2) is 6.29 Å². The van der Waals surface area contributed by atoms with Crippen LogP contribution in [-0.4, -0.2) is 11.3 Å². The van der Waals surface area contributed by atoms with Gasteiger partial charge in [0.1, 0.15) is 9.39 Å². The highest BCUT2D eigenvalue weighted by Crippen LogP contribution is 2.24. The van der Waals surface area contributed by atoms with Gasteiger partial charge in [0.25, 0.3) is 6.43 Å². The van der Waals surface area contributed by atoms with Crippen LogP contribution in [0.15, 0.2) is 6.07 Å². The molecule has 0 amide bonds. The smallest absolute Gasteiger partial charge is 0.264 e. The van der Waals surface area contributed by atoms with Crippen molar-refractivity contribution >= 4 is 28.9 Å². The fraction of sp³-hybridized carbons (Fsp3) is 0.250. The number of carbonyl (C=O) groups is 1. The monoisotopic (exact) mass is 297 g/mol. The Morgan fingerprint density at radius 2 is 2.23 bits per heavy atom. The molecule has 13 heavy (non-hydrogen) atoms. The standard InChI is InChI=1S/C8H6F2INO/c1-4-5(8(9)10)2-7(11)12-6(4)3-13/h2-3,8H,1H3. The van der Waals surface area contributed by atoms with E-state index in [9.17, 15) is 13.6 Å². The van der Waals surface area contributed by atoms with E-state index < -0.39 is 6.43 Å². The molecular formula is C8H6F2INO. The lowest BCUT2D eigenvalue weighted by Crippen LogP contribution is -2.00. The molecule has 0 aliphatic carbocycles. The fourth-order valence-corrected chi connectivity index (χ4v) is 1.55. The third-order valence-electron chi connectivity index (χ3n) is 1.67. The van der Waals surface area contributed by atoms with Crippen LogP contribution in [-0.2, 0) is 0 Å². The molecule has 0 spiro atoms. The van der Waals surface area contributed by atoms with E-state index in [1.54, 1.807) is 22.6 Å². The van der Waals surface area contributed by atoms with Crippen LogP contribution >= 0.6 is 22.6 Å². The molecule has 0 radical (unpaired) electrons. The maximum Gasteiger partial charge on any atom is 0.264 e. The summed E-state index contributed by atoms with van der Waals surface area (Å²) in [5, 5.41) is 0. The van der Waals surface area contributed by atoms with Crippen molar-refractivity contribution in [2.75, 3.05) is 0 Å². The first-order valence-corrected chi connectivity index (χ1v) is 4.54. The molecule has 1 aromatic heterocycles. The van der Waals surface area contributed by atoms with Gasteiger partial charge in [0, 0.05) is 5.56 Å². The Labute approximate surface area is 87.5 Å². The average molecular weight is 297 g/mol. The predicted octanol–water partition coefficient (Wildman–Crippen LogP) is 2.74. The van der Waals surface area contributed by atoms with E-state index in [2.05, 4.69) is 4.98 Å². The molecule has 0 saturated carbocycles. The summed E-state index contributed by atoms with van der Waals surface area (Å²) in [7, 11) is 0. The number of hydrogen-bond acceptors (Lipinski definition) is 2. The first-order chi connectivity index (χ1) is 6.06. The van der Waals surface area contributed by atoms with E-state index in [-0.39, 0.29) is 16.8 Å². The van der Waals surface area contributed by atoms with E-state index in [0.29, 0.717) is 9.99 Å². The van der Waals surface area contributed by atoms with E-state index in [1.807, 2.05) is 0 Å². The Morgan fingerprint density at radius 1 is 1.62 bits per heavy atom. The maximum atomic E-state index is 12.4. The van der Waals surface area contributed by atoms with E-state index in [0.717, 1.165) is 0 Å². The molecule has 0 N–H and O–H groups in total. The Bertz CT molecular complexity index is 341. The highest BCUT2D eigenvalue weighted by atomic mass is 127. The van der Waals surface area contributed by atoms with Crippen molar-refractivity contribution in [3.63, 3.8) is 0 Å². The zero-order valence-corrected chi connectivity index (χ0v) is 8.88. The molecule has 1 heterocycles. The Morgan fingerprint density at radius 3 is 2.69 bits per heavy atom. The second-order valence-corrected chi connectivity index (χ2v) is 3.57.